The van der Waals surface area contributed by atoms with Crippen LogP contribution in [-0.2, 0) is 6.42 Å². The first-order valence-electron chi connectivity index (χ1n) is 4.57. The van der Waals surface area contributed by atoms with Crippen molar-refractivity contribution < 1.29 is 9.90 Å². The number of rotatable bonds is 4. The fourth-order valence-corrected chi connectivity index (χ4v) is 1.31. The van der Waals surface area contributed by atoms with Gasteiger partial charge >= 0.3 is 5.97 Å². The van der Waals surface area contributed by atoms with Crippen molar-refractivity contribution >= 4 is 57.4 Å². The molecule has 0 bridgehead atoms. The molecular formula is C11H14KO2. The molecule has 1 rings (SSSR count). The van der Waals surface area contributed by atoms with Crippen LogP contribution in [0.25, 0.3) is 0 Å². The van der Waals surface area contributed by atoms with Gasteiger partial charge in [0.15, 0.2) is 0 Å². The summed E-state index contributed by atoms with van der Waals surface area (Å²) in [6, 6.07) is 7.20. The van der Waals surface area contributed by atoms with Gasteiger partial charge in [-0.3, -0.25) is 0 Å². The third kappa shape index (κ3) is 4.23. The van der Waals surface area contributed by atoms with Crippen LogP contribution < -0.4 is 0 Å². The van der Waals surface area contributed by atoms with Crippen molar-refractivity contribution in [2.75, 3.05) is 0 Å². The average Bonchev–Trinajstić information content (AvgIpc) is 2.15. The Morgan fingerprint density at radius 1 is 1.36 bits per heavy atom. The van der Waals surface area contributed by atoms with E-state index in [9.17, 15) is 4.79 Å². The molecule has 0 fully saturated rings. The standard InChI is InChI=1S/C11H14O2.K/c1-2-3-6-9-7-4-5-8-10(9)11(12)13;/h4-5,7-8H,2-3,6H2,1H3,(H,12,13);. The van der Waals surface area contributed by atoms with Gasteiger partial charge in [-0.1, -0.05) is 31.5 Å². The molecule has 0 amide bonds. The minimum Gasteiger partial charge on any atom is -0.478 e. The summed E-state index contributed by atoms with van der Waals surface area (Å²) in [5.41, 5.74) is 1.38. The number of carboxylic acids is 1. The third-order valence-electron chi connectivity index (χ3n) is 2.05. The Labute approximate surface area is 127 Å². The predicted molar refractivity (Wildman–Crippen MR) is 57.8 cm³/mol. The summed E-state index contributed by atoms with van der Waals surface area (Å²) in [4.78, 5) is 10.8. The molecule has 0 saturated carbocycles. The Balaban J connectivity index is 0.00000169. The van der Waals surface area contributed by atoms with Gasteiger partial charge < -0.3 is 5.11 Å². The van der Waals surface area contributed by atoms with Crippen molar-refractivity contribution in [3.8, 4) is 0 Å². The van der Waals surface area contributed by atoms with Gasteiger partial charge in [-0.05, 0) is 24.5 Å². The summed E-state index contributed by atoms with van der Waals surface area (Å²) < 4.78 is 0. The number of benzene rings is 1. The Kier molecular flexibility index (Phi) is 7.77. The molecule has 2 nitrogen and oxygen atoms in total. The number of hydrogen-bond acceptors (Lipinski definition) is 1. The van der Waals surface area contributed by atoms with E-state index in [0.717, 1.165) is 24.8 Å². The number of aryl methyl sites for hydroxylation is 1. The Bertz CT molecular complexity index is 297. The van der Waals surface area contributed by atoms with Gasteiger partial charge in [0.2, 0.25) is 0 Å². The van der Waals surface area contributed by atoms with E-state index < -0.39 is 5.97 Å². The van der Waals surface area contributed by atoms with Crippen LogP contribution >= 0.6 is 0 Å². The van der Waals surface area contributed by atoms with Crippen molar-refractivity contribution in [3.05, 3.63) is 35.4 Å². The van der Waals surface area contributed by atoms with E-state index in [2.05, 4.69) is 6.92 Å². The Hall–Kier alpha value is 0.326. The summed E-state index contributed by atoms with van der Waals surface area (Å²) in [5.74, 6) is -0.827. The van der Waals surface area contributed by atoms with E-state index in [0.29, 0.717) is 5.56 Å². The van der Waals surface area contributed by atoms with Crippen LogP contribution in [0.15, 0.2) is 24.3 Å². The zero-order valence-electron chi connectivity index (χ0n) is 8.79. The van der Waals surface area contributed by atoms with E-state index in [-0.39, 0.29) is 51.4 Å². The molecule has 0 aromatic heterocycles. The summed E-state index contributed by atoms with van der Waals surface area (Å²) >= 11 is 0. The van der Waals surface area contributed by atoms with Crippen LogP contribution in [0.5, 0.6) is 0 Å². The maximum Gasteiger partial charge on any atom is 0.335 e. The van der Waals surface area contributed by atoms with E-state index in [1.54, 1.807) is 12.1 Å². The number of aromatic carboxylic acids is 1. The quantitative estimate of drug-likeness (QED) is 0.786. The van der Waals surface area contributed by atoms with Gasteiger partial charge in [-0.2, -0.15) is 0 Å². The number of carbonyl (C=O) groups is 1. The molecule has 0 unspecified atom stereocenters. The zero-order valence-corrected chi connectivity index (χ0v) is 11.9. The summed E-state index contributed by atoms with van der Waals surface area (Å²) in [5, 5.41) is 8.86. The fraction of sp³-hybridized carbons (Fsp3) is 0.364. The van der Waals surface area contributed by atoms with Crippen molar-refractivity contribution in [1.29, 1.82) is 0 Å². The predicted octanol–water partition coefficient (Wildman–Crippen LogP) is 2.35. The van der Waals surface area contributed by atoms with E-state index in [1.807, 2.05) is 12.1 Å². The molecule has 0 aliphatic carbocycles. The second-order valence-corrected chi connectivity index (χ2v) is 3.07. The maximum absolute atomic E-state index is 10.8. The van der Waals surface area contributed by atoms with Crippen LogP contribution in [0.1, 0.15) is 35.7 Å². The molecule has 3 heteroatoms. The minimum absolute atomic E-state index is 0. The van der Waals surface area contributed by atoms with E-state index in [1.165, 1.54) is 0 Å². The first-order valence-corrected chi connectivity index (χ1v) is 4.57. The molecule has 71 valence electrons. The monoisotopic (exact) mass is 217 g/mol. The van der Waals surface area contributed by atoms with Crippen LogP contribution in [-0.4, -0.2) is 62.5 Å². The van der Waals surface area contributed by atoms with Crippen LogP contribution in [0, 0.1) is 0 Å². The summed E-state index contributed by atoms with van der Waals surface area (Å²) in [7, 11) is 0. The van der Waals surface area contributed by atoms with Gasteiger partial charge in [-0.15, -0.1) is 0 Å². The first kappa shape index (κ1) is 14.3. The van der Waals surface area contributed by atoms with Crippen molar-refractivity contribution in [1.82, 2.24) is 0 Å². The number of carboxylic acid groups (broad SMARTS) is 1. The molecule has 1 aromatic carbocycles. The van der Waals surface area contributed by atoms with Crippen molar-refractivity contribution in [2.45, 2.75) is 26.2 Å². The van der Waals surface area contributed by atoms with Crippen LogP contribution in [0.3, 0.4) is 0 Å². The molecule has 0 heterocycles. The maximum atomic E-state index is 10.8. The van der Waals surface area contributed by atoms with Gasteiger partial charge in [-0.25, -0.2) is 4.79 Å². The topological polar surface area (TPSA) is 37.3 Å². The first-order chi connectivity index (χ1) is 6.25. The molecule has 0 aliphatic rings. The summed E-state index contributed by atoms with van der Waals surface area (Å²) in [6.45, 7) is 2.10. The van der Waals surface area contributed by atoms with E-state index >= 15 is 0 Å². The molecular weight excluding hydrogens is 203 g/mol. The minimum atomic E-state index is -0.827. The Morgan fingerprint density at radius 3 is 2.57 bits per heavy atom. The summed E-state index contributed by atoms with van der Waals surface area (Å²) in [6.07, 6.45) is 3.00. The number of unbranched alkanes of at least 4 members (excludes halogenated alkanes) is 1. The molecule has 0 spiro atoms. The third-order valence-corrected chi connectivity index (χ3v) is 2.05. The molecule has 0 atom stereocenters. The zero-order chi connectivity index (χ0) is 9.68. The van der Waals surface area contributed by atoms with Crippen LogP contribution in [0.2, 0.25) is 0 Å². The van der Waals surface area contributed by atoms with Crippen molar-refractivity contribution in [2.24, 2.45) is 0 Å². The normalized spacial score (nSPS) is 9.21. The largest absolute Gasteiger partial charge is 0.478 e. The van der Waals surface area contributed by atoms with Gasteiger partial charge in [0, 0.05) is 51.4 Å². The molecule has 0 saturated heterocycles. The van der Waals surface area contributed by atoms with Gasteiger partial charge in [0.1, 0.15) is 0 Å². The smallest absolute Gasteiger partial charge is 0.335 e. The molecule has 1 radical (unpaired) electrons. The molecule has 0 aliphatic heterocycles. The molecule has 14 heavy (non-hydrogen) atoms. The van der Waals surface area contributed by atoms with E-state index in [4.69, 9.17) is 5.11 Å². The molecule has 1 aromatic rings. The SMILES string of the molecule is CCCCc1ccccc1C(=O)O.[K]. The average molecular weight is 217 g/mol. The Morgan fingerprint density at radius 2 is 2.00 bits per heavy atom. The van der Waals surface area contributed by atoms with Gasteiger partial charge in [0.05, 0.1) is 5.56 Å². The fourth-order valence-electron chi connectivity index (χ4n) is 1.31. The van der Waals surface area contributed by atoms with Gasteiger partial charge in [0.25, 0.3) is 0 Å². The second-order valence-electron chi connectivity index (χ2n) is 3.07. The van der Waals surface area contributed by atoms with Crippen LogP contribution in [0.4, 0.5) is 0 Å². The number of hydrogen-bond donors (Lipinski definition) is 1. The second kappa shape index (κ2) is 7.60. The van der Waals surface area contributed by atoms with Crippen molar-refractivity contribution in [3.63, 3.8) is 0 Å². The molecule has 1 N–H and O–H groups in total.